The van der Waals surface area contributed by atoms with E-state index in [1.807, 2.05) is 18.2 Å². The van der Waals surface area contributed by atoms with Gasteiger partial charge in [-0.2, -0.15) is 0 Å². The largest absolute Gasteiger partial charge is 0.392 e. The topological polar surface area (TPSA) is 33.1 Å². The van der Waals surface area contributed by atoms with E-state index in [2.05, 4.69) is 18.8 Å². The number of aliphatic hydroxyl groups is 1. The van der Waals surface area contributed by atoms with Crippen LogP contribution >= 0.6 is 11.3 Å². The molecule has 0 fully saturated rings. The van der Waals surface area contributed by atoms with Crippen molar-refractivity contribution >= 4 is 21.6 Å². The summed E-state index contributed by atoms with van der Waals surface area (Å²) in [6, 6.07) is 5.94. The summed E-state index contributed by atoms with van der Waals surface area (Å²) in [6.45, 7) is 4.37. The lowest BCUT2D eigenvalue weighted by atomic mass is 10.2. The van der Waals surface area contributed by atoms with Gasteiger partial charge in [0.15, 0.2) is 0 Å². The molecule has 2 aromatic rings. The Kier molecular flexibility index (Phi) is 2.52. The van der Waals surface area contributed by atoms with Crippen molar-refractivity contribution in [3.8, 4) is 0 Å². The van der Waals surface area contributed by atoms with Crippen LogP contribution < -0.4 is 0 Å². The molecule has 0 radical (unpaired) electrons. The van der Waals surface area contributed by atoms with Crippen molar-refractivity contribution < 1.29 is 5.11 Å². The van der Waals surface area contributed by atoms with Gasteiger partial charge in [0.05, 0.1) is 21.8 Å². The number of hydrogen-bond acceptors (Lipinski definition) is 3. The van der Waals surface area contributed by atoms with Gasteiger partial charge in [-0.05, 0) is 17.7 Å². The van der Waals surface area contributed by atoms with Gasteiger partial charge in [0.1, 0.15) is 0 Å². The Morgan fingerprint density at radius 3 is 2.86 bits per heavy atom. The minimum Gasteiger partial charge on any atom is -0.392 e. The number of nitrogens with zero attached hydrogens (tertiary/aromatic N) is 1. The standard InChI is InChI=1S/C11H13NOS/c1-7(2)11-12-9-5-8(6-13)3-4-10(9)14-11/h3-5,7,13H,6H2,1-2H3. The fourth-order valence-corrected chi connectivity index (χ4v) is 2.29. The van der Waals surface area contributed by atoms with Crippen LogP contribution in [0.4, 0.5) is 0 Å². The zero-order valence-electron chi connectivity index (χ0n) is 8.32. The summed E-state index contributed by atoms with van der Waals surface area (Å²) >= 11 is 1.73. The van der Waals surface area contributed by atoms with Crippen molar-refractivity contribution in [2.45, 2.75) is 26.4 Å². The lowest BCUT2D eigenvalue weighted by Crippen LogP contribution is -1.84. The Bertz CT molecular complexity index is 447. The van der Waals surface area contributed by atoms with Crippen LogP contribution in [0.15, 0.2) is 18.2 Å². The second-order valence-electron chi connectivity index (χ2n) is 3.67. The Balaban J connectivity index is 2.54. The second-order valence-corrected chi connectivity index (χ2v) is 4.73. The molecule has 2 rings (SSSR count). The lowest BCUT2D eigenvalue weighted by molar-refractivity contribution is 0.282. The van der Waals surface area contributed by atoms with Crippen molar-refractivity contribution in [2.24, 2.45) is 0 Å². The highest BCUT2D eigenvalue weighted by atomic mass is 32.1. The summed E-state index contributed by atoms with van der Waals surface area (Å²) in [6.07, 6.45) is 0. The highest BCUT2D eigenvalue weighted by Crippen LogP contribution is 2.27. The molecule has 2 nitrogen and oxygen atoms in total. The van der Waals surface area contributed by atoms with E-state index in [1.54, 1.807) is 11.3 Å². The first kappa shape index (κ1) is 9.62. The third-order valence-corrected chi connectivity index (χ3v) is 3.48. The SMILES string of the molecule is CC(C)c1nc2cc(CO)ccc2s1. The maximum atomic E-state index is 8.99. The van der Waals surface area contributed by atoms with Crippen LogP contribution in [-0.4, -0.2) is 10.1 Å². The summed E-state index contributed by atoms with van der Waals surface area (Å²) in [4.78, 5) is 4.53. The Morgan fingerprint density at radius 2 is 2.21 bits per heavy atom. The van der Waals surface area contributed by atoms with Gasteiger partial charge in [-0.25, -0.2) is 4.98 Å². The number of rotatable bonds is 2. The summed E-state index contributed by atoms with van der Waals surface area (Å²) in [5, 5.41) is 10.2. The molecule has 14 heavy (non-hydrogen) atoms. The number of hydrogen-bond donors (Lipinski definition) is 1. The monoisotopic (exact) mass is 207 g/mol. The molecular weight excluding hydrogens is 194 g/mol. The van der Waals surface area contributed by atoms with Crippen LogP contribution in [0.2, 0.25) is 0 Å². The molecule has 0 aliphatic heterocycles. The zero-order chi connectivity index (χ0) is 10.1. The Morgan fingerprint density at radius 1 is 1.43 bits per heavy atom. The first-order chi connectivity index (χ1) is 6.70. The molecule has 0 aliphatic carbocycles. The lowest BCUT2D eigenvalue weighted by Gasteiger charge is -1.94. The summed E-state index contributed by atoms with van der Waals surface area (Å²) in [5.41, 5.74) is 1.93. The number of fused-ring (bicyclic) bond motifs is 1. The van der Waals surface area contributed by atoms with Gasteiger partial charge in [0.25, 0.3) is 0 Å². The predicted molar refractivity (Wildman–Crippen MR) is 59.6 cm³/mol. The van der Waals surface area contributed by atoms with Crippen LogP contribution in [0, 0.1) is 0 Å². The molecular formula is C11H13NOS. The van der Waals surface area contributed by atoms with E-state index in [1.165, 1.54) is 4.70 Å². The average molecular weight is 207 g/mol. The molecule has 0 unspecified atom stereocenters. The smallest absolute Gasteiger partial charge is 0.0963 e. The molecule has 0 bridgehead atoms. The number of thiazole rings is 1. The molecule has 74 valence electrons. The van der Waals surface area contributed by atoms with E-state index >= 15 is 0 Å². The molecule has 1 aromatic carbocycles. The van der Waals surface area contributed by atoms with Crippen LogP contribution in [0.5, 0.6) is 0 Å². The van der Waals surface area contributed by atoms with Crippen molar-refractivity contribution in [3.05, 3.63) is 28.8 Å². The predicted octanol–water partition coefficient (Wildman–Crippen LogP) is 2.91. The molecule has 0 aliphatic rings. The van der Waals surface area contributed by atoms with Crippen LogP contribution in [0.25, 0.3) is 10.2 Å². The van der Waals surface area contributed by atoms with E-state index < -0.39 is 0 Å². The maximum absolute atomic E-state index is 8.99. The van der Waals surface area contributed by atoms with E-state index in [0.717, 1.165) is 16.1 Å². The van der Waals surface area contributed by atoms with E-state index in [0.29, 0.717) is 5.92 Å². The third-order valence-electron chi connectivity index (χ3n) is 2.14. The Hall–Kier alpha value is -0.930. The van der Waals surface area contributed by atoms with Gasteiger partial charge in [-0.3, -0.25) is 0 Å². The van der Waals surface area contributed by atoms with Crippen molar-refractivity contribution in [3.63, 3.8) is 0 Å². The van der Waals surface area contributed by atoms with Crippen molar-refractivity contribution in [1.29, 1.82) is 0 Å². The van der Waals surface area contributed by atoms with Gasteiger partial charge in [0.2, 0.25) is 0 Å². The fraction of sp³-hybridized carbons (Fsp3) is 0.364. The molecule has 0 spiro atoms. The van der Waals surface area contributed by atoms with Gasteiger partial charge in [0, 0.05) is 5.92 Å². The normalized spacial score (nSPS) is 11.4. The van der Waals surface area contributed by atoms with Gasteiger partial charge in [-0.1, -0.05) is 19.9 Å². The van der Waals surface area contributed by atoms with Crippen LogP contribution in [0.1, 0.15) is 30.3 Å². The maximum Gasteiger partial charge on any atom is 0.0963 e. The van der Waals surface area contributed by atoms with Crippen LogP contribution in [-0.2, 0) is 6.61 Å². The third kappa shape index (κ3) is 1.65. The minimum absolute atomic E-state index is 0.0878. The molecule has 3 heteroatoms. The number of benzene rings is 1. The molecule has 1 heterocycles. The molecule has 1 N–H and O–H groups in total. The fourth-order valence-electron chi connectivity index (χ4n) is 1.34. The Labute approximate surface area is 87.2 Å². The quantitative estimate of drug-likeness (QED) is 0.821. The van der Waals surface area contributed by atoms with Crippen molar-refractivity contribution in [2.75, 3.05) is 0 Å². The highest BCUT2D eigenvalue weighted by Gasteiger charge is 2.07. The number of aromatic nitrogens is 1. The van der Waals surface area contributed by atoms with E-state index in [4.69, 9.17) is 5.11 Å². The summed E-state index contributed by atoms with van der Waals surface area (Å²) in [7, 11) is 0. The van der Waals surface area contributed by atoms with Crippen LogP contribution in [0.3, 0.4) is 0 Å². The second kappa shape index (κ2) is 3.67. The summed E-state index contributed by atoms with van der Waals surface area (Å²) in [5.74, 6) is 0.477. The first-order valence-electron chi connectivity index (χ1n) is 4.71. The minimum atomic E-state index is 0.0878. The van der Waals surface area contributed by atoms with Gasteiger partial charge in [-0.15, -0.1) is 11.3 Å². The summed E-state index contributed by atoms with van der Waals surface area (Å²) < 4.78 is 1.20. The average Bonchev–Trinajstić information content (AvgIpc) is 2.59. The van der Waals surface area contributed by atoms with E-state index in [-0.39, 0.29) is 6.61 Å². The molecule has 0 saturated heterocycles. The molecule has 0 amide bonds. The first-order valence-corrected chi connectivity index (χ1v) is 5.52. The van der Waals surface area contributed by atoms with Gasteiger partial charge >= 0.3 is 0 Å². The van der Waals surface area contributed by atoms with E-state index in [9.17, 15) is 0 Å². The molecule has 1 aromatic heterocycles. The molecule has 0 saturated carbocycles. The van der Waals surface area contributed by atoms with Gasteiger partial charge < -0.3 is 5.11 Å². The number of aliphatic hydroxyl groups excluding tert-OH is 1. The molecule has 0 atom stereocenters. The zero-order valence-corrected chi connectivity index (χ0v) is 9.14. The van der Waals surface area contributed by atoms with Crippen molar-refractivity contribution in [1.82, 2.24) is 4.98 Å². The highest BCUT2D eigenvalue weighted by molar-refractivity contribution is 7.18.